The van der Waals surface area contributed by atoms with Crippen molar-refractivity contribution in [3.05, 3.63) is 22.8 Å². The van der Waals surface area contributed by atoms with Crippen LogP contribution in [0.2, 0.25) is 5.02 Å². The summed E-state index contributed by atoms with van der Waals surface area (Å²) in [6, 6.07) is 1.34. The average Bonchev–Trinajstić information content (AvgIpc) is 3.29. The van der Waals surface area contributed by atoms with Crippen molar-refractivity contribution in [3.63, 3.8) is 0 Å². The molecule has 2 fully saturated rings. The van der Waals surface area contributed by atoms with Crippen LogP contribution >= 0.6 is 11.6 Å². The van der Waals surface area contributed by atoms with Gasteiger partial charge in [-0.2, -0.15) is 0 Å². The largest absolute Gasteiger partial charge is 0.476 e. The monoisotopic (exact) mass is 340 g/mol. The van der Waals surface area contributed by atoms with E-state index in [1.54, 1.807) is 18.1 Å². The van der Waals surface area contributed by atoms with Crippen LogP contribution in [-0.2, 0) is 4.74 Å². The maximum Gasteiger partial charge on any atom is 0.255 e. The molecule has 1 aromatic rings. The van der Waals surface area contributed by atoms with Gasteiger partial charge in [0.2, 0.25) is 5.88 Å². The number of amides is 1. The summed E-state index contributed by atoms with van der Waals surface area (Å²) in [5.74, 6) is 0.770. The van der Waals surface area contributed by atoms with E-state index in [1.807, 2.05) is 0 Å². The molecule has 2 atom stereocenters. The lowest BCUT2D eigenvalue weighted by atomic mass is 10.2. The molecule has 23 heavy (non-hydrogen) atoms. The van der Waals surface area contributed by atoms with Crippen molar-refractivity contribution >= 4 is 17.5 Å². The Morgan fingerprint density at radius 1 is 1.52 bits per heavy atom. The number of hydrogen-bond acceptors (Lipinski definition) is 5. The topological polar surface area (TPSA) is 71.9 Å². The minimum Gasteiger partial charge on any atom is -0.476 e. The molecule has 1 aromatic heterocycles. The lowest BCUT2D eigenvalue weighted by Gasteiger charge is -2.22. The minimum absolute atomic E-state index is 0.0549. The molecule has 1 amide bonds. The van der Waals surface area contributed by atoms with E-state index in [4.69, 9.17) is 21.1 Å². The molecular weight excluding hydrogens is 320 g/mol. The van der Waals surface area contributed by atoms with E-state index in [9.17, 15) is 9.90 Å². The highest BCUT2D eigenvalue weighted by Gasteiger charge is 2.35. The third kappa shape index (κ3) is 3.76. The van der Waals surface area contributed by atoms with Gasteiger partial charge in [-0.25, -0.2) is 4.98 Å². The molecule has 0 aromatic carbocycles. The van der Waals surface area contributed by atoms with E-state index in [0.717, 1.165) is 0 Å². The minimum atomic E-state index is -0.239. The van der Waals surface area contributed by atoms with Gasteiger partial charge in [0, 0.05) is 19.9 Å². The van der Waals surface area contributed by atoms with Crippen LogP contribution < -0.4 is 4.74 Å². The van der Waals surface area contributed by atoms with E-state index in [0.29, 0.717) is 42.0 Å². The van der Waals surface area contributed by atoms with E-state index >= 15 is 0 Å². The Kier molecular flexibility index (Phi) is 5.04. The molecular formula is C16H21ClN2O4. The molecule has 1 saturated carbocycles. The standard InChI is InChI=1S/C16H21ClN2O4/c1-22-13-5-12(8-20)19(7-13)16(21)11-4-14(17)15(18-6-11)23-9-10-2-3-10/h4,6,10,12-13,20H,2-3,5,7-9H2,1H3/t12-,13+/m0/s1. The predicted molar refractivity (Wildman–Crippen MR) is 84.8 cm³/mol. The fraction of sp³-hybridized carbons (Fsp3) is 0.625. The molecule has 0 bridgehead atoms. The number of carbonyl (C=O) groups is 1. The van der Waals surface area contributed by atoms with Crippen LogP contribution in [0, 0.1) is 5.92 Å². The Morgan fingerprint density at radius 2 is 2.30 bits per heavy atom. The van der Waals surface area contributed by atoms with Gasteiger partial charge in [-0.05, 0) is 31.2 Å². The van der Waals surface area contributed by atoms with Crippen LogP contribution in [0.5, 0.6) is 5.88 Å². The molecule has 0 spiro atoms. The number of nitrogens with zero attached hydrogens (tertiary/aromatic N) is 2. The molecule has 1 aliphatic carbocycles. The molecule has 0 unspecified atom stereocenters. The van der Waals surface area contributed by atoms with Crippen molar-refractivity contribution in [2.45, 2.75) is 31.4 Å². The molecule has 1 saturated heterocycles. The second kappa shape index (κ2) is 7.03. The molecule has 7 heteroatoms. The van der Waals surface area contributed by atoms with Gasteiger partial charge in [0.1, 0.15) is 5.02 Å². The summed E-state index contributed by atoms with van der Waals surface area (Å²) in [5, 5.41) is 9.79. The molecule has 1 aliphatic heterocycles. The molecule has 1 N–H and O–H groups in total. The van der Waals surface area contributed by atoms with Crippen LogP contribution in [0.3, 0.4) is 0 Å². The first-order valence-electron chi connectivity index (χ1n) is 7.85. The summed E-state index contributed by atoms with van der Waals surface area (Å²) in [5.41, 5.74) is 0.393. The Labute approximate surface area is 140 Å². The maximum atomic E-state index is 12.6. The van der Waals surface area contributed by atoms with E-state index in [1.165, 1.54) is 19.0 Å². The molecule has 6 nitrogen and oxygen atoms in total. The lowest BCUT2D eigenvalue weighted by molar-refractivity contribution is 0.0647. The van der Waals surface area contributed by atoms with Gasteiger partial charge in [0.15, 0.2) is 0 Å². The highest BCUT2D eigenvalue weighted by Crippen LogP contribution is 2.31. The fourth-order valence-electron chi connectivity index (χ4n) is 2.76. The zero-order valence-corrected chi connectivity index (χ0v) is 13.8. The van der Waals surface area contributed by atoms with Gasteiger partial charge in [0.25, 0.3) is 5.91 Å². The van der Waals surface area contributed by atoms with E-state index in [-0.39, 0.29) is 24.7 Å². The molecule has 126 valence electrons. The Bertz CT molecular complexity index is 579. The number of aliphatic hydroxyl groups excluding tert-OH is 1. The quantitative estimate of drug-likeness (QED) is 0.854. The van der Waals surface area contributed by atoms with Crippen LogP contribution in [0.25, 0.3) is 0 Å². The Hall–Kier alpha value is -1.37. The summed E-state index contributed by atoms with van der Waals surface area (Å²) in [6.07, 6.45) is 4.42. The second-order valence-corrected chi connectivity index (χ2v) is 6.56. The van der Waals surface area contributed by atoms with Crippen molar-refractivity contribution in [2.75, 3.05) is 26.9 Å². The van der Waals surface area contributed by atoms with Crippen LogP contribution in [-0.4, -0.2) is 59.9 Å². The maximum absolute atomic E-state index is 12.6. The fourth-order valence-corrected chi connectivity index (χ4v) is 2.98. The SMILES string of the molecule is CO[C@@H]1C[C@@H](CO)N(C(=O)c2cnc(OCC3CC3)c(Cl)c2)C1. The number of pyridine rings is 1. The van der Waals surface area contributed by atoms with E-state index in [2.05, 4.69) is 4.98 Å². The third-order valence-electron chi connectivity index (χ3n) is 4.39. The van der Waals surface area contributed by atoms with Gasteiger partial charge < -0.3 is 19.5 Å². The number of methoxy groups -OCH3 is 1. The van der Waals surface area contributed by atoms with Crippen molar-refractivity contribution in [3.8, 4) is 5.88 Å². The smallest absolute Gasteiger partial charge is 0.255 e. The average molecular weight is 341 g/mol. The lowest BCUT2D eigenvalue weighted by Crippen LogP contribution is -2.38. The van der Waals surface area contributed by atoms with Gasteiger partial charge >= 0.3 is 0 Å². The van der Waals surface area contributed by atoms with Crippen LogP contribution in [0.15, 0.2) is 12.3 Å². The predicted octanol–water partition coefficient (Wildman–Crippen LogP) is 1.75. The number of ether oxygens (including phenoxy) is 2. The Morgan fingerprint density at radius 3 is 2.91 bits per heavy atom. The highest BCUT2D eigenvalue weighted by molar-refractivity contribution is 6.32. The number of rotatable bonds is 6. The first-order chi connectivity index (χ1) is 11.1. The summed E-state index contributed by atoms with van der Waals surface area (Å²) < 4.78 is 10.9. The second-order valence-electron chi connectivity index (χ2n) is 6.15. The molecule has 3 rings (SSSR count). The van der Waals surface area contributed by atoms with Gasteiger partial charge in [-0.15, -0.1) is 0 Å². The normalized spacial score (nSPS) is 24.0. The summed E-state index contributed by atoms with van der Waals surface area (Å²) in [4.78, 5) is 18.4. The van der Waals surface area contributed by atoms with Gasteiger partial charge in [-0.1, -0.05) is 11.6 Å². The zero-order valence-electron chi connectivity index (χ0n) is 13.1. The first kappa shape index (κ1) is 16.5. The first-order valence-corrected chi connectivity index (χ1v) is 8.23. The summed E-state index contributed by atoms with van der Waals surface area (Å²) >= 11 is 6.18. The van der Waals surface area contributed by atoms with Gasteiger partial charge in [-0.3, -0.25) is 4.79 Å². The highest BCUT2D eigenvalue weighted by atomic mass is 35.5. The zero-order chi connectivity index (χ0) is 16.4. The van der Waals surface area contributed by atoms with Crippen molar-refractivity contribution < 1.29 is 19.4 Å². The van der Waals surface area contributed by atoms with Gasteiger partial charge in [0.05, 0.1) is 30.9 Å². The number of carbonyl (C=O) groups excluding carboxylic acids is 1. The van der Waals surface area contributed by atoms with Crippen molar-refractivity contribution in [1.29, 1.82) is 0 Å². The number of aliphatic hydroxyl groups is 1. The van der Waals surface area contributed by atoms with Crippen molar-refractivity contribution in [2.24, 2.45) is 5.92 Å². The Balaban J connectivity index is 1.70. The molecule has 2 aliphatic rings. The van der Waals surface area contributed by atoms with Crippen LogP contribution in [0.4, 0.5) is 0 Å². The van der Waals surface area contributed by atoms with E-state index < -0.39 is 0 Å². The third-order valence-corrected chi connectivity index (χ3v) is 4.66. The molecule has 2 heterocycles. The molecule has 0 radical (unpaired) electrons. The van der Waals surface area contributed by atoms with Crippen LogP contribution in [0.1, 0.15) is 29.6 Å². The summed E-state index contributed by atoms with van der Waals surface area (Å²) in [7, 11) is 1.61. The van der Waals surface area contributed by atoms with Crippen molar-refractivity contribution in [1.82, 2.24) is 9.88 Å². The number of halogens is 1. The number of aromatic nitrogens is 1. The number of hydrogen-bond donors (Lipinski definition) is 1. The summed E-state index contributed by atoms with van der Waals surface area (Å²) in [6.45, 7) is 0.988. The number of likely N-dealkylation sites (tertiary alicyclic amines) is 1.